The van der Waals surface area contributed by atoms with Crippen molar-refractivity contribution in [1.29, 1.82) is 0 Å². The summed E-state index contributed by atoms with van der Waals surface area (Å²) in [4.78, 5) is 1.99. The zero-order chi connectivity index (χ0) is 12.4. The van der Waals surface area contributed by atoms with Crippen molar-refractivity contribution in [2.24, 2.45) is 0 Å². The van der Waals surface area contributed by atoms with Crippen molar-refractivity contribution in [2.45, 2.75) is 6.54 Å². The Labute approximate surface area is 104 Å². The van der Waals surface area contributed by atoms with Crippen molar-refractivity contribution in [3.05, 3.63) is 22.5 Å². The first-order chi connectivity index (χ1) is 8.09. The van der Waals surface area contributed by atoms with Crippen molar-refractivity contribution in [3.63, 3.8) is 0 Å². The molecule has 17 heavy (non-hydrogen) atoms. The van der Waals surface area contributed by atoms with E-state index in [0.29, 0.717) is 0 Å². The zero-order valence-electron chi connectivity index (χ0n) is 9.21. The smallest absolute Gasteiger partial charge is 0.165 e. The van der Waals surface area contributed by atoms with E-state index in [2.05, 4.69) is 5.32 Å². The van der Waals surface area contributed by atoms with Gasteiger partial charge in [-0.1, -0.05) is 11.6 Å². The highest BCUT2D eigenvalue weighted by atomic mass is 35.5. The van der Waals surface area contributed by atoms with Crippen LogP contribution < -0.4 is 5.32 Å². The summed E-state index contributed by atoms with van der Waals surface area (Å²) in [5.41, 5.74) is 0.0527. The van der Waals surface area contributed by atoms with E-state index >= 15 is 0 Å². The molecule has 1 aliphatic heterocycles. The number of hydrogen-bond donors (Lipinski definition) is 3. The van der Waals surface area contributed by atoms with Gasteiger partial charge in [-0.2, -0.15) is 0 Å². The summed E-state index contributed by atoms with van der Waals surface area (Å²) >= 11 is 5.63. The number of phenolic OH excluding ortho intramolecular Hbond substituents is 2. The fourth-order valence-corrected chi connectivity index (χ4v) is 2.11. The minimum absolute atomic E-state index is 0.0527. The third-order valence-electron chi connectivity index (χ3n) is 2.86. The minimum atomic E-state index is -0.666. The molecule has 0 aromatic heterocycles. The first kappa shape index (κ1) is 12.4. The molecule has 94 valence electrons. The first-order valence-corrected chi connectivity index (χ1v) is 5.79. The average Bonchev–Trinajstić information content (AvgIpc) is 2.33. The molecule has 1 saturated heterocycles. The second kappa shape index (κ2) is 5.08. The molecule has 1 aromatic carbocycles. The van der Waals surface area contributed by atoms with E-state index in [4.69, 9.17) is 11.6 Å². The van der Waals surface area contributed by atoms with Gasteiger partial charge in [0.25, 0.3) is 0 Å². The van der Waals surface area contributed by atoms with Crippen LogP contribution >= 0.6 is 11.6 Å². The van der Waals surface area contributed by atoms with Gasteiger partial charge in [0.05, 0.1) is 5.02 Å². The number of aromatic hydroxyl groups is 2. The Hall–Kier alpha value is -1.04. The molecule has 1 heterocycles. The molecule has 0 saturated carbocycles. The second-order valence-corrected chi connectivity index (χ2v) is 4.45. The highest BCUT2D eigenvalue weighted by Crippen LogP contribution is 2.36. The molecule has 1 fully saturated rings. The summed E-state index contributed by atoms with van der Waals surface area (Å²) in [6.07, 6.45) is 0. The maximum Gasteiger partial charge on any atom is 0.165 e. The van der Waals surface area contributed by atoms with E-state index in [0.717, 1.165) is 32.2 Å². The number of halogens is 2. The van der Waals surface area contributed by atoms with Crippen molar-refractivity contribution in [1.82, 2.24) is 10.2 Å². The quantitative estimate of drug-likeness (QED) is 0.702. The van der Waals surface area contributed by atoms with Crippen LogP contribution in [0.1, 0.15) is 5.56 Å². The Balaban J connectivity index is 2.24. The molecule has 0 amide bonds. The fourth-order valence-electron chi connectivity index (χ4n) is 1.89. The zero-order valence-corrected chi connectivity index (χ0v) is 9.97. The third kappa shape index (κ3) is 2.62. The number of piperazine rings is 1. The predicted molar refractivity (Wildman–Crippen MR) is 62.9 cm³/mol. The van der Waals surface area contributed by atoms with Gasteiger partial charge in [-0.15, -0.1) is 0 Å². The van der Waals surface area contributed by atoms with Crippen molar-refractivity contribution in [2.75, 3.05) is 26.2 Å². The monoisotopic (exact) mass is 260 g/mol. The summed E-state index contributed by atoms with van der Waals surface area (Å²) in [6, 6.07) is 1.01. The Morgan fingerprint density at radius 3 is 2.65 bits per heavy atom. The summed E-state index contributed by atoms with van der Waals surface area (Å²) in [5, 5.41) is 22.0. The molecule has 3 N–H and O–H groups in total. The summed E-state index contributed by atoms with van der Waals surface area (Å²) in [7, 11) is 0. The van der Waals surface area contributed by atoms with Gasteiger partial charge in [-0.05, 0) is 0 Å². The molecule has 0 aliphatic carbocycles. The summed E-state index contributed by atoms with van der Waals surface area (Å²) in [6.45, 7) is 3.44. The maximum absolute atomic E-state index is 13.8. The Morgan fingerprint density at radius 1 is 1.35 bits per heavy atom. The lowest BCUT2D eigenvalue weighted by Crippen LogP contribution is -2.43. The normalized spacial score (nSPS) is 17.3. The standard InChI is InChI=1S/C11H14ClFN2O2/c12-8-5-9(16)11(17)7(10(8)13)6-15-3-1-14-2-4-15/h5,14,16-17H,1-4,6H2. The predicted octanol–water partition coefficient (Wildman–Crippen LogP) is 1.30. The number of phenols is 2. The molecule has 0 radical (unpaired) electrons. The number of nitrogens with zero attached hydrogens (tertiary/aromatic N) is 1. The van der Waals surface area contributed by atoms with Gasteiger partial charge in [-0.25, -0.2) is 4.39 Å². The minimum Gasteiger partial charge on any atom is -0.504 e. The third-order valence-corrected chi connectivity index (χ3v) is 3.13. The molecular weight excluding hydrogens is 247 g/mol. The lowest BCUT2D eigenvalue weighted by molar-refractivity contribution is 0.226. The highest BCUT2D eigenvalue weighted by molar-refractivity contribution is 6.31. The van der Waals surface area contributed by atoms with Crippen molar-refractivity contribution < 1.29 is 14.6 Å². The topological polar surface area (TPSA) is 55.7 Å². The van der Waals surface area contributed by atoms with E-state index in [-0.39, 0.29) is 22.9 Å². The summed E-state index contributed by atoms with van der Waals surface area (Å²) in [5.74, 6) is -1.48. The largest absolute Gasteiger partial charge is 0.504 e. The van der Waals surface area contributed by atoms with Crippen LogP contribution in [-0.2, 0) is 6.54 Å². The first-order valence-electron chi connectivity index (χ1n) is 5.41. The number of nitrogens with one attached hydrogen (secondary N) is 1. The SMILES string of the molecule is Oc1cc(Cl)c(F)c(CN2CCNCC2)c1O. The van der Waals surface area contributed by atoms with Gasteiger partial charge in [0, 0.05) is 44.4 Å². The molecule has 4 nitrogen and oxygen atoms in total. The van der Waals surface area contributed by atoms with Crippen LogP contribution in [0.15, 0.2) is 6.07 Å². The Morgan fingerprint density at radius 2 is 2.00 bits per heavy atom. The molecular formula is C11H14ClFN2O2. The molecule has 2 rings (SSSR count). The molecule has 1 aromatic rings. The van der Waals surface area contributed by atoms with Crippen LogP contribution in [0.25, 0.3) is 0 Å². The number of hydrogen-bond acceptors (Lipinski definition) is 4. The number of benzene rings is 1. The second-order valence-electron chi connectivity index (χ2n) is 4.04. The number of rotatable bonds is 2. The molecule has 0 spiro atoms. The van der Waals surface area contributed by atoms with Crippen LogP contribution in [0, 0.1) is 5.82 Å². The van der Waals surface area contributed by atoms with Gasteiger partial charge in [-0.3, -0.25) is 4.90 Å². The molecule has 0 bridgehead atoms. The van der Waals surface area contributed by atoms with Gasteiger partial charge in [0.2, 0.25) is 0 Å². The average molecular weight is 261 g/mol. The summed E-state index contributed by atoms with van der Waals surface area (Å²) < 4.78 is 13.8. The van der Waals surface area contributed by atoms with Crippen LogP contribution in [0.4, 0.5) is 4.39 Å². The van der Waals surface area contributed by atoms with Gasteiger partial charge >= 0.3 is 0 Å². The molecule has 1 aliphatic rings. The lowest BCUT2D eigenvalue weighted by atomic mass is 10.1. The molecule has 6 heteroatoms. The van der Waals surface area contributed by atoms with E-state index < -0.39 is 11.6 Å². The van der Waals surface area contributed by atoms with E-state index in [9.17, 15) is 14.6 Å². The maximum atomic E-state index is 13.8. The van der Waals surface area contributed by atoms with E-state index in [1.807, 2.05) is 4.90 Å². The van der Waals surface area contributed by atoms with Crippen molar-refractivity contribution in [3.8, 4) is 11.5 Å². The van der Waals surface area contributed by atoms with Crippen molar-refractivity contribution >= 4 is 11.6 Å². The van der Waals surface area contributed by atoms with Gasteiger partial charge in [0.15, 0.2) is 11.5 Å². The molecule has 0 unspecified atom stereocenters. The van der Waals surface area contributed by atoms with Gasteiger partial charge < -0.3 is 15.5 Å². The fraction of sp³-hybridized carbons (Fsp3) is 0.455. The highest BCUT2D eigenvalue weighted by Gasteiger charge is 2.20. The Kier molecular flexibility index (Phi) is 3.71. The van der Waals surface area contributed by atoms with Crippen LogP contribution in [-0.4, -0.2) is 41.3 Å². The van der Waals surface area contributed by atoms with Crippen LogP contribution in [0.3, 0.4) is 0 Å². The van der Waals surface area contributed by atoms with Gasteiger partial charge in [0.1, 0.15) is 5.82 Å². The van der Waals surface area contributed by atoms with Crippen LogP contribution in [0.5, 0.6) is 11.5 Å². The van der Waals surface area contributed by atoms with E-state index in [1.165, 1.54) is 0 Å². The van der Waals surface area contributed by atoms with E-state index in [1.54, 1.807) is 0 Å². The lowest BCUT2D eigenvalue weighted by Gasteiger charge is -2.27. The Bertz CT molecular complexity index is 396. The van der Waals surface area contributed by atoms with Crippen LogP contribution in [0.2, 0.25) is 5.02 Å². The molecule has 0 atom stereocenters.